The summed E-state index contributed by atoms with van der Waals surface area (Å²) in [6.07, 6.45) is 5.65. The summed E-state index contributed by atoms with van der Waals surface area (Å²) >= 11 is 0. The van der Waals surface area contributed by atoms with E-state index in [0.29, 0.717) is 6.04 Å². The van der Waals surface area contributed by atoms with Crippen LogP contribution >= 0.6 is 0 Å². The molecule has 1 atom stereocenters. The van der Waals surface area contributed by atoms with Crippen LogP contribution in [0, 0.1) is 5.92 Å². The first-order valence-electron chi connectivity index (χ1n) is 6.65. The Balaban J connectivity index is 1.53. The molecule has 1 aromatic carbocycles. The molecule has 0 amide bonds. The topological polar surface area (TPSA) is 12.0 Å². The van der Waals surface area contributed by atoms with Gasteiger partial charge in [-0.25, -0.2) is 0 Å². The molecule has 0 bridgehead atoms. The molecule has 2 aliphatic carbocycles. The van der Waals surface area contributed by atoms with E-state index in [4.69, 9.17) is 0 Å². The molecule has 0 radical (unpaired) electrons. The Morgan fingerprint density at radius 3 is 2.38 bits per heavy atom. The van der Waals surface area contributed by atoms with Crippen LogP contribution in [0.4, 0.5) is 0 Å². The minimum absolute atomic E-state index is 0.697. The van der Waals surface area contributed by atoms with Gasteiger partial charge in [-0.05, 0) is 55.6 Å². The molecule has 3 rings (SSSR count). The maximum absolute atomic E-state index is 3.63. The van der Waals surface area contributed by atoms with Crippen molar-refractivity contribution >= 4 is 0 Å². The lowest BCUT2D eigenvalue weighted by Gasteiger charge is -2.12. The van der Waals surface area contributed by atoms with Gasteiger partial charge in [0.15, 0.2) is 0 Å². The lowest BCUT2D eigenvalue weighted by molar-refractivity contribution is 0.496. The summed E-state index contributed by atoms with van der Waals surface area (Å²) in [6, 6.07) is 9.91. The van der Waals surface area contributed by atoms with Crippen molar-refractivity contribution in [1.29, 1.82) is 0 Å². The van der Waals surface area contributed by atoms with Crippen molar-refractivity contribution in [3.05, 3.63) is 35.4 Å². The fourth-order valence-electron chi connectivity index (χ4n) is 2.37. The van der Waals surface area contributed by atoms with Crippen molar-refractivity contribution in [2.75, 3.05) is 0 Å². The standard InChI is InChI=1S/C15H21N/c1-11(13-6-7-13)16-10-12-2-4-14(5-3-12)15-8-9-15/h2-5,11,13,15-16H,6-10H2,1H3. The molecule has 0 heterocycles. The van der Waals surface area contributed by atoms with E-state index in [-0.39, 0.29) is 0 Å². The number of hydrogen-bond donors (Lipinski definition) is 1. The van der Waals surface area contributed by atoms with Crippen LogP contribution in [-0.4, -0.2) is 6.04 Å². The number of benzene rings is 1. The zero-order chi connectivity index (χ0) is 11.0. The van der Waals surface area contributed by atoms with Crippen LogP contribution in [0.15, 0.2) is 24.3 Å². The lowest BCUT2D eigenvalue weighted by atomic mass is 10.1. The van der Waals surface area contributed by atoms with E-state index >= 15 is 0 Å². The fourth-order valence-corrected chi connectivity index (χ4v) is 2.37. The molecule has 0 saturated heterocycles. The monoisotopic (exact) mass is 215 g/mol. The summed E-state index contributed by atoms with van der Waals surface area (Å²) in [4.78, 5) is 0. The van der Waals surface area contributed by atoms with Gasteiger partial charge in [0, 0.05) is 12.6 Å². The maximum Gasteiger partial charge on any atom is 0.0208 e. The van der Waals surface area contributed by atoms with Gasteiger partial charge in [-0.15, -0.1) is 0 Å². The van der Waals surface area contributed by atoms with Crippen LogP contribution < -0.4 is 5.32 Å². The van der Waals surface area contributed by atoms with Crippen molar-refractivity contribution in [1.82, 2.24) is 5.32 Å². The molecule has 0 spiro atoms. The molecule has 2 saturated carbocycles. The second-order valence-corrected chi connectivity index (χ2v) is 5.52. The fraction of sp³-hybridized carbons (Fsp3) is 0.600. The molecule has 2 aliphatic rings. The molecular formula is C15H21N. The Bertz CT molecular complexity index is 346. The Labute approximate surface area is 98.3 Å². The normalized spacial score (nSPS) is 22.1. The minimum Gasteiger partial charge on any atom is -0.310 e. The largest absolute Gasteiger partial charge is 0.310 e. The van der Waals surface area contributed by atoms with Crippen molar-refractivity contribution in [3.63, 3.8) is 0 Å². The van der Waals surface area contributed by atoms with Gasteiger partial charge in [-0.2, -0.15) is 0 Å². The highest BCUT2D eigenvalue weighted by molar-refractivity contribution is 5.28. The predicted octanol–water partition coefficient (Wildman–Crippen LogP) is 3.45. The molecule has 16 heavy (non-hydrogen) atoms. The van der Waals surface area contributed by atoms with E-state index in [2.05, 4.69) is 36.5 Å². The van der Waals surface area contributed by atoms with Crippen molar-refractivity contribution in [2.24, 2.45) is 5.92 Å². The van der Waals surface area contributed by atoms with Crippen LogP contribution in [-0.2, 0) is 6.54 Å². The number of nitrogens with one attached hydrogen (secondary N) is 1. The first-order chi connectivity index (χ1) is 7.83. The van der Waals surface area contributed by atoms with Crippen molar-refractivity contribution in [2.45, 2.75) is 51.1 Å². The van der Waals surface area contributed by atoms with Crippen molar-refractivity contribution in [3.8, 4) is 0 Å². The van der Waals surface area contributed by atoms with Gasteiger partial charge in [-0.1, -0.05) is 24.3 Å². The van der Waals surface area contributed by atoms with Crippen molar-refractivity contribution < 1.29 is 0 Å². The van der Waals surface area contributed by atoms with E-state index in [9.17, 15) is 0 Å². The average Bonchev–Trinajstić information content (AvgIpc) is 3.20. The van der Waals surface area contributed by atoms with E-state index in [1.165, 1.54) is 31.2 Å². The highest BCUT2D eigenvalue weighted by Crippen LogP contribution is 2.39. The lowest BCUT2D eigenvalue weighted by Crippen LogP contribution is -2.27. The van der Waals surface area contributed by atoms with E-state index in [1.54, 1.807) is 5.56 Å². The van der Waals surface area contributed by atoms with Gasteiger partial charge in [0.1, 0.15) is 0 Å². The van der Waals surface area contributed by atoms with Crippen LogP contribution in [0.2, 0.25) is 0 Å². The summed E-state index contributed by atoms with van der Waals surface area (Å²) in [5.74, 6) is 1.83. The summed E-state index contributed by atoms with van der Waals surface area (Å²) < 4.78 is 0. The summed E-state index contributed by atoms with van der Waals surface area (Å²) in [7, 11) is 0. The molecule has 1 unspecified atom stereocenters. The maximum atomic E-state index is 3.63. The molecular weight excluding hydrogens is 194 g/mol. The predicted molar refractivity (Wildman–Crippen MR) is 67.4 cm³/mol. The van der Waals surface area contributed by atoms with E-state index in [0.717, 1.165) is 18.4 Å². The Morgan fingerprint density at radius 2 is 1.81 bits per heavy atom. The van der Waals surface area contributed by atoms with E-state index < -0.39 is 0 Å². The van der Waals surface area contributed by atoms with Crippen LogP contribution in [0.3, 0.4) is 0 Å². The second-order valence-electron chi connectivity index (χ2n) is 5.52. The zero-order valence-corrected chi connectivity index (χ0v) is 10.1. The van der Waals surface area contributed by atoms with Crippen LogP contribution in [0.1, 0.15) is 49.7 Å². The van der Waals surface area contributed by atoms with Gasteiger partial charge in [0.2, 0.25) is 0 Å². The Kier molecular flexibility index (Phi) is 2.72. The third kappa shape index (κ3) is 2.46. The molecule has 0 aromatic heterocycles. The minimum atomic E-state index is 0.697. The third-order valence-electron chi connectivity index (χ3n) is 3.99. The molecule has 86 valence electrons. The highest BCUT2D eigenvalue weighted by atomic mass is 14.9. The molecule has 1 aromatic rings. The molecule has 1 N–H and O–H groups in total. The van der Waals surface area contributed by atoms with E-state index in [1.807, 2.05) is 0 Å². The molecule has 2 fully saturated rings. The average molecular weight is 215 g/mol. The zero-order valence-electron chi connectivity index (χ0n) is 10.1. The van der Waals surface area contributed by atoms with Gasteiger partial charge in [0.05, 0.1) is 0 Å². The summed E-state index contributed by atoms with van der Waals surface area (Å²) in [6.45, 7) is 3.35. The molecule has 0 aliphatic heterocycles. The van der Waals surface area contributed by atoms with Gasteiger partial charge < -0.3 is 5.32 Å². The summed E-state index contributed by atoms with van der Waals surface area (Å²) in [5, 5.41) is 3.63. The third-order valence-corrected chi connectivity index (χ3v) is 3.99. The first kappa shape index (κ1) is 10.3. The van der Waals surface area contributed by atoms with Crippen LogP contribution in [0.5, 0.6) is 0 Å². The molecule has 1 heteroatoms. The Morgan fingerprint density at radius 1 is 1.12 bits per heavy atom. The number of rotatable bonds is 5. The van der Waals surface area contributed by atoms with Crippen LogP contribution in [0.25, 0.3) is 0 Å². The summed E-state index contributed by atoms with van der Waals surface area (Å²) in [5.41, 5.74) is 2.97. The SMILES string of the molecule is CC(NCc1ccc(C2CC2)cc1)C1CC1. The first-order valence-corrected chi connectivity index (χ1v) is 6.65. The van der Waals surface area contributed by atoms with Gasteiger partial charge in [-0.3, -0.25) is 0 Å². The second kappa shape index (κ2) is 4.21. The number of hydrogen-bond acceptors (Lipinski definition) is 1. The highest BCUT2D eigenvalue weighted by Gasteiger charge is 2.27. The Hall–Kier alpha value is -0.820. The smallest absolute Gasteiger partial charge is 0.0208 e. The quantitative estimate of drug-likeness (QED) is 0.793. The van der Waals surface area contributed by atoms with Gasteiger partial charge in [0.25, 0.3) is 0 Å². The van der Waals surface area contributed by atoms with Gasteiger partial charge >= 0.3 is 0 Å². The molecule has 1 nitrogen and oxygen atoms in total.